The van der Waals surface area contributed by atoms with Gasteiger partial charge in [-0.1, -0.05) is 12.1 Å². The van der Waals surface area contributed by atoms with E-state index in [1.807, 2.05) is 19.9 Å². The number of carbonyl (C=O) groups is 1. The van der Waals surface area contributed by atoms with Gasteiger partial charge in [-0.25, -0.2) is 13.1 Å². The highest BCUT2D eigenvalue weighted by atomic mass is 32.2. The summed E-state index contributed by atoms with van der Waals surface area (Å²) in [6, 6.07) is 8.45. The van der Waals surface area contributed by atoms with E-state index in [0.29, 0.717) is 6.54 Å². The van der Waals surface area contributed by atoms with Crippen LogP contribution in [0.5, 0.6) is 0 Å². The summed E-state index contributed by atoms with van der Waals surface area (Å²) in [5.41, 5.74) is 2.74. The molecule has 2 N–H and O–H groups in total. The summed E-state index contributed by atoms with van der Waals surface area (Å²) >= 11 is 0. The van der Waals surface area contributed by atoms with Crippen LogP contribution in [-0.4, -0.2) is 25.9 Å². The molecule has 0 aliphatic heterocycles. The summed E-state index contributed by atoms with van der Waals surface area (Å²) in [5, 5.41) is 2.64. The van der Waals surface area contributed by atoms with Crippen LogP contribution in [0.3, 0.4) is 0 Å². The molecule has 0 atom stereocenters. The molecule has 2 rings (SSSR count). The lowest BCUT2D eigenvalue weighted by atomic mass is 10.1. The van der Waals surface area contributed by atoms with E-state index in [1.165, 1.54) is 6.07 Å². The first-order valence-electron chi connectivity index (χ1n) is 7.11. The normalized spacial score (nSPS) is 11.2. The van der Waals surface area contributed by atoms with Crippen molar-refractivity contribution in [3.05, 3.63) is 59.4 Å². The number of hydrogen-bond donors (Lipinski definition) is 2. The molecule has 0 spiro atoms. The van der Waals surface area contributed by atoms with Crippen LogP contribution >= 0.6 is 0 Å². The predicted molar refractivity (Wildman–Crippen MR) is 87.2 cm³/mol. The maximum Gasteiger partial charge on any atom is 0.241 e. The van der Waals surface area contributed by atoms with Gasteiger partial charge in [0, 0.05) is 18.9 Å². The molecule has 0 aliphatic carbocycles. The maximum absolute atomic E-state index is 12.2. The Bertz CT molecular complexity index is 789. The summed E-state index contributed by atoms with van der Waals surface area (Å²) in [7, 11) is -3.70. The zero-order chi connectivity index (χ0) is 16.9. The summed E-state index contributed by atoms with van der Waals surface area (Å²) in [6.07, 6.45) is 3.28. The first-order valence-corrected chi connectivity index (χ1v) is 8.59. The van der Waals surface area contributed by atoms with E-state index in [1.54, 1.807) is 30.6 Å². The van der Waals surface area contributed by atoms with Gasteiger partial charge in [0.05, 0.1) is 11.4 Å². The molecular weight excluding hydrogens is 314 g/mol. The molecule has 6 nitrogen and oxygen atoms in total. The molecule has 1 amide bonds. The first kappa shape index (κ1) is 17.1. The van der Waals surface area contributed by atoms with E-state index in [0.717, 1.165) is 16.7 Å². The zero-order valence-electron chi connectivity index (χ0n) is 13.0. The molecular formula is C16H19N3O3S. The monoisotopic (exact) mass is 333 g/mol. The topological polar surface area (TPSA) is 88.2 Å². The van der Waals surface area contributed by atoms with Crippen molar-refractivity contribution in [3.63, 3.8) is 0 Å². The third-order valence-electron chi connectivity index (χ3n) is 3.42. The van der Waals surface area contributed by atoms with Crippen LogP contribution in [0.2, 0.25) is 0 Å². The van der Waals surface area contributed by atoms with Gasteiger partial charge in [0.25, 0.3) is 0 Å². The molecule has 1 heterocycles. The highest BCUT2D eigenvalue weighted by molar-refractivity contribution is 7.89. The number of hydrogen-bond acceptors (Lipinski definition) is 4. The van der Waals surface area contributed by atoms with Crippen LogP contribution in [0.25, 0.3) is 0 Å². The number of pyridine rings is 1. The van der Waals surface area contributed by atoms with Crippen molar-refractivity contribution in [2.45, 2.75) is 25.3 Å². The maximum atomic E-state index is 12.2. The van der Waals surface area contributed by atoms with Gasteiger partial charge < -0.3 is 5.32 Å². The van der Waals surface area contributed by atoms with Crippen LogP contribution in [0.15, 0.2) is 47.6 Å². The fourth-order valence-electron chi connectivity index (χ4n) is 1.89. The van der Waals surface area contributed by atoms with Gasteiger partial charge in [0.15, 0.2) is 0 Å². The van der Waals surface area contributed by atoms with Crippen LogP contribution in [-0.2, 0) is 21.4 Å². The lowest BCUT2D eigenvalue weighted by Crippen LogP contribution is -2.36. The third kappa shape index (κ3) is 4.87. The number of aryl methyl sites for hydroxylation is 2. The molecule has 0 unspecified atom stereocenters. The van der Waals surface area contributed by atoms with Crippen molar-refractivity contribution in [1.82, 2.24) is 15.0 Å². The summed E-state index contributed by atoms with van der Waals surface area (Å²) in [4.78, 5) is 15.9. The van der Waals surface area contributed by atoms with Crippen LogP contribution in [0, 0.1) is 13.8 Å². The van der Waals surface area contributed by atoms with Gasteiger partial charge in [0.2, 0.25) is 15.9 Å². The van der Waals surface area contributed by atoms with Crippen molar-refractivity contribution in [2.75, 3.05) is 6.54 Å². The van der Waals surface area contributed by atoms with Gasteiger partial charge in [0.1, 0.15) is 0 Å². The molecule has 0 aliphatic rings. The number of aromatic nitrogens is 1. The van der Waals surface area contributed by atoms with Crippen LogP contribution in [0.4, 0.5) is 0 Å². The molecule has 23 heavy (non-hydrogen) atoms. The van der Waals surface area contributed by atoms with E-state index in [9.17, 15) is 13.2 Å². The van der Waals surface area contributed by atoms with E-state index >= 15 is 0 Å². The molecule has 0 fully saturated rings. The van der Waals surface area contributed by atoms with Crippen molar-refractivity contribution in [2.24, 2.45) is 0 Å². The Hall–Kier alpha value is -2.25. The van der Waals surface area contributed by atoms with Crippen molar-refractivity contribution in [3.8, 4) is 0 Å². The van der Waals surface area contributed by atoms with Gasteiger partial charge in [-0.15, -0.1) is 0 Å². The summed E-state index contributed by atoms with van der Waals surface area (Å²) in [6.45, 7) is 3.74. The van der Waals surface area contributed by atoms with Gasteiger partial charge >= 0.3 is 0 Å². The van der Waals surface area contributed by atoms with E-state index in [-0.39, 0.29) is 11.4 Å². The third-order valence-corrected chi connectivity index (χ3v) is 4.82. The molecule has 0 bridgehead atoms. The first-order chi connectivity index (χ1) is 10.9. The van der Waals surface area contributed by atoms with Gasteiger partial charge in [-0.2, -0.15) is 0 Å². The smallest absolute Gasteiger partial charge is 0.241 e. The highest BCUT2D eigenvalue weighted by Crippen LogP contribution is 2.14. The molecule has 0 saturated carbocycles. The molecule has 0 radical (unpaired) electrons. The minimum absolute atomic E-state index is 0.153. The fourth-order valence-corrected chi connectivity index (χ4v) is 2.96. The zero-order valence-corrected chi connectivity index (χ0v) is 13.9. The Morgan fingerprint density at radius 3 is 2.61 bits per heavy atom. The number of amides is 1. The number of nitrogens with one attached hydrogen (secondary N) is 2. The van der Waals surface area contributed by atoms with E-state index < -0.39 is 15.9 Å². The molecule has 0 saturated heterocycles. The largest absolute Gasteiger partial charge is 0.351 e. The Morgan fingerprint density at radius 2 is 1.96 bits per heavy atom. The van der Waals surface area contributed by atoms with E-state index in [4.69, 9.17) is 0 Å². The van der Waals surface area contributed by atoms with Crippen molar-refractivity contribution >= 4 is 15.9 Å². The minimum atomic E-state index is -3.70. The van der Waals surface area contributed by atoms with Crippen LogP contribution < -0.4 is 10.0 Å². The number of sulfonamides is 1. The molecule has 1 aromatic heterocycles. The summed E-state index contributed by atoms with van der Waals surface area (Å²) < 4.78 is 26.6. The quantitative estimate of drug-likeness (QED) is 0.834. The second-order valence-electron chi connectivity index (χ2n) is 5.21. The lowest BCUT2D eigenvalue weighted by Gasteiger charge is -2.09. The van der Waals surface area contributed by atoms with Crippen molar-refractivity contribution < 1.29 is 13.2 Å². The second-order valence-corrected chi connectivity index (χ2v) is 6.98. The van der Waals surface area contributed by atoms with Gasteiger partial charge in [-0.3, -0.25) is 9.78 Å². The lowest BCUT2D eigenvalue weighted by molar-refractivity contribution is -0.120. The van der Waals surface area contributed by atoms with E-state index in [2.05, 4.69) is 15.0 Å². The molecule has 2 aromatic rings. The Labute approximate surface area is 136 Å². The number of rotatable bonds is 6. The van der Waals surface area contributed by atoms with Crippen molar-refractivity contribution in [1.29, 1.82) is 0 Å². The standard InChI is InChI=1S/C16H19N3O3S/c1-12-5-6-15(8-13(12)2)23(21,22)19-11-16(20)18-10-14-4-3-7-17-9-14/h3-9,19H,10-11H2,1-2H3,(H,18,20). The van der Waals surface area contributed by atoms with Gasteiger partial charge in [-0.05, 0) is 48.7 Å². The fraction of sp³-hybridized carbons (Fsp3) is 0.250. The summed E-state index contributed by atoms with van der Waals surface area (Å²) in [5.74, 6) is -0.402. The number of benzene rings is 1. The Kier molecular flexibility index (Phi) is 5.46. The Morgan fingerprint density at radius 1 is 1.17 bits per heavy atom. The predicted octanol–water partition coefficient (Wildman–Crippen LogP) is 1.29. The SMILES string of the molecule is Cc1ccc(S(=O)(=O)NCC(=O)NCc2cccnc2)cc1C. The average molecular weight is 333 g/mol. The second kappa shape index (κ2) is 7.34. The molecule has 1 aromatic carbocycles. The minimum Gasteiger partial charge on any atom is -0.351 e. The number of carbonyl (C=O) groups excluding carboxylic acids is 1. The highest BCUT2D eigenvalue weighted by Gasteiger charge is 2.15. The Balaban J connectivity index is 1.91. The number of nitrogens with zero attached hydrogens (tertiary/aromatic N) is 1. The molecule has 7 heteroatoms. The van der Waals surface area contributed by atoms with Crippen LogP contribution in [0.1, 0.15) is 16.7 Å². The average Bonchev–Trinajstić information content (AvgIpc) is 2.54. The molecule has 122 valence electrons.